The number of hydrogen-bond donors (Lipinski definition) is 1. The molecule has 0 fully saturated rings. The van der Waals surface area contributed by atoms with Crippen LogP contribution in [0.2, 0.25) is 0 Å². The third-order valence-corrected chi connectivity index (χ3v) is 2.17. The Balaban J connectivity index is 3.82. The molecule has 0 aromatic rings. The summed E-state index contributed by atoms with van der Waals surface area (Å²) >= 11 is 0. The summed E-state index contributed by atoms with van der Waals surface area (Å²) in [7, 11) is 3.04. The van der Waals surface area contributed by atoms with Crippen LogP contribution in [0.1, 0.15) is 26.7 Å². The van der Waals surface area contributed by atoms with Gasteiger partial charge < -0.3 is 10.1 Å². The summed E-state index contributed by atoms with van der Waals surface area (Å²) in [5.74, 6) is -0.399. The maximum absolute atomic E-state index is 11.5. The molecule has 0 aromatic carbocycles. The Morgan fingerprint density at radius 1 is 1.38 bits per heavy atom. The number of rotatable bonds is 7. The van der Waals surface area contributed by atoms with Gasteiger partial charge in [-0.3, -0.25) is 14.5 Å². The van der Waals surface area contributed by atoms with Gasteiger partial charge in [0.25, 0.3) is 0 Å². The number of amides is 1. The lowest BCUT2D eigenvalue weighted by Crippen LogP contribution is -2.41. The van der Waals surface area contributed by atoms with Crippen LogP contribution >= 0.6 is 0 Å². The average Bonchev–Trinajstić information content (AvgIpc) is 2.16. The van der Waals surface area contributed by atoms with Crippen molar-refractivity contribution in [3.8, 4) is 0 Å². The fourth-order valence-electron chi connectivity index (χ4n) is 1.41. The number of esters is 1. The topological polar surface area (TPSA) is 58.6 Å². The van der Waals surface area contributed by atoms with E-state index in [0.29, 0.717) is 0 Å². The Hall–Kier alpha value is -1.10. The first-order valence-corrected chi connectivity index (χ1v) is 5.54. The van der Waals surface area contributed by atoms with E-state index in [2.05, 4.69) is 17.0 Å². The Morgan fingerprint density at radius 3 is 2.50 bits per heavy atom. The maximum Gasteiger partial charge on any atom is 0.319 e. The summed E-state index contributed by atoms with van der Waals surface area (Å²) in [5.41, 5.74) is 0. The highest BCUT2D eigenvalue weighted by atomic mass is 16.5. The minimum atomic E-state index is -0.336. The predicted octanol–water partition coefficient (Wildman–Crippen LogP) is 0.396. The number of ether oxygens (including phenoxy) is 1. The summed E-state index contributed by atoms with van der Waals surface area (Å²) < 4.78 is 4.51. The summed E-state index contributed by atoms with van der Waals surface area (Å²) in [6.45, 7) is 4.39. The third-order valence-electron chi connectivity index (χ3n) is 2.17. The van der Waals surface area contributed by atoms with Crippen molar-refractivity contribution < 1.29 is 14.3 Å². The Bertz CT molecular complexity index is 231. The molecule has 94 valence electrons. The molecule has 1 N–H and O–H groups in total. The van der Waals surface area contributed by atoms with E-state index in [-0.39, 0.29) is 31.0 Å². The molecule has 1 atom stereocenters. The van der Waals surface area contributed by atoms with Gasteiger partial charge >= 0.3 is 5.97 Å². The van der Waals surface area contributed by atoms with Crippen LogP contribution in [0.25, 0.3) is 0 Å². The molecule has 5 nitrogen and oxygen atoms in total. The summed E-state index contributed by atoms with van der Waals surface area (Å²) in [6.07, 6.45) is 2.01. The molecule has 0 heterocycles. The second kappa shape index (κ2) is 8.10. The Labute approximate surface area is 97.1 Å². The zero-order valence-corrected chi connectivity index (χ0v) is 10.6. The molecule has 0 aliphatic carbocycles. The molecule has 0 spiro atoms. The minimum Gasteiger partial charge on any atom is -0.468 e. The van der Waals surface area contributed by atoms with E-state index in [1.165, 1.54) is 7.11 Å². The average molecular weight is 230 g/mol. The zero-order valence-electron chi connectivity index (χ0n) is 10.6. The first-order valence-electron chi connectivity index (χ1n) is 5.54. The lowest BCUT2D eigenvalue weighted by atomic mass is 10.2. The molecule has 0 bridgehead atoms. The van der Waals surface area contributed by atoms with Crippen LogP contribution in [0.15, 0.2) is 0 Å². The molecule has 0 radical (unpaired) electrons. The molecule has 5 heteroatoms. The normalized spacial score (nSPS) is 12.3. The van der Waals surface area contributed by atoms with Gasteiger partial charge in [0.05, 0.1) is 20.2 Å². The molecule has 0 saturated heterocycles. The molecule has 0 aliphatic heterocycles. The van der Waals surface area contributed by atoms with Gasteiger partial charge in [-0.25, -0.2) is 0 Å². The second-order valence-corrected chi connectivity index (χ2v) is 4.01. The van der Waals surface area contributed by atoms with Crippen LogP contribution in [-0.4, -0.2) is 50.1 Å². The molecular weight excluding hydrogens is 208 g/mol. The largest absolute Gasteiger partial charge is 0.468 e. The van der Waals surface area contributed by atoms with E-state index in [4.69, 9.17) is 0 Å². The standard InChI is InChI=1S/C11H22N2O3/c1-5-6-9(2)12-10(14)7-13(3)8-11(15)16-4/h9H,5-8H2,1-4H3,(H,12,14). The SMILES string of the molecule is CCCC(C)NC(=O)CN(C)CC(=O)OC. The van der Waals surface area contributed by atoms with E-state index in [0.717, 1.165) is 12.8 Å². The van der Waals surface area contributed by atoms with Gasteiger partial charge in [-0.15, -0.1) is 0 Å². The van der Waals surface area contributed by atoms with Crippen molar-refractivity contribution in [1.82, 2.24) is 10.2 Å². The summed E-state index contributed by atoms with van der Waals surface area (Å²) in [4.78, 5) is 24.1. The number of methoxy groups -OCH3 is 1. The minimum absolute atomic E-state index is 0.0626. The van der Waals surface area contributed by atoms with E-state index >= 15 is 0 Å². The van der Waals surface area contributed by atoms with Gasteiger partial charge in [0.15, 0.2) is 0 Å². The number of nitrogens with zero attached hydrogens (tertiary/aromatic N) is 1. The first kappa shape index (κ1) is 14.9. The van der Waals surface area contributed by atoms with Gasteiger partial charge in [-0.2, -0.15) is 0 Å². The third kappa shape index (κ3) is 7.23. The van der Waals surface area contributed by atoms with Gasteiger partial charge in [0.2, 0.25) is 5.91 Å². The fourth-order valence-corrected chi connectivity index (χ4v) is 1.41. The smallest absolute Gasteiger partial charge is 0.319 e. The van der Waals surface area contributed by atoms with Crippen molar-refractivity contribution in [3.63, 3.8) is 0 Å². The highest BCUT2D eigenvalue weighted by Crippen LogP contribution is 1.94. The number of likely N-dealkylation sites (N-methyl/N-ethyl adjacent to an activating group) is 1. The highest BCUT2D eigenvalue weighted by Gasteiger charge is 2.12. The Kier molecular flexibility index (Phi) is 7.54. The maximum atomic E-state index is 11.5. The van der Waals surface area contributed by atoms with Crippen molar-refractivity contribution in [2.45, 2.75) is 32.7 Å². The molecular formula is C11H22N2O3. The van der Waals surface area contributed by atoms with Crippen LogP contribution in [0.4, 0.5) is 0 Å². The summed E-state index contributed by atoms with van der Waals surface area (Å²) in [5, 5.41) is 2.87. The number of carbonyl (C=O) groups excluding carboxylic acids is 2. The zero-order chi connectivity index (χ0) is 12.6. The van der Waals surface area contributed by atoms with Crippen molar-refractivity contribution in [1.29, 1.82) is 0 Å². The Morgan fingerprint density at radius 2 is 2.00 bits per heavy atom. The van der Waals surface area contributed by atoms with Crippen LogP contribution in [-0.2, 0) is 14.3 Å². The van der Waals surface area contributed by atoms with Crippen molar-refractivity contribution >= 4 is 11.9 Å². The predicted molar refractivity (Wildman–Crippen MR) is 62.0 cm³/mol. The van der Waals surface area contributed by atoms with E-state index in [1.807, 2.05) is 6.92 Å². The molecule has 0 aromatic heterocycles. The molecule has 0 rings (SSSR count). The van der Waals surface area contributed by atoms with Crippen LogP contribution in [0.3, 0.4) is 0 Å². The van der Waals surface area contributed by atoms with Crippen molar-refractivity contribution in [2.24, 2.45) is 0 Å². The van der Waals surface area contributed by atoms with Crippen LogP contribution in [0, 0.1) is 0 Å². The fraction of sp³-hybridized carbons (Fsp3) is 0.818. The van der Waals surface area contributed by atoms with Gasteiger partial charge in [-0.05, 0) is 20.4 Å². The molecule has 1 amide bonds. The van der Waals surface area contributed by atoms with Gasteiger partial charge in [-0.1, -0.05) is 13.3 Å². The van der Waals surface area contributed by atoms with Crippen LogP contribution < -0.4 is 5.32 Å². The molecule has 0 saturated carbocycles. The lowest BCUT2D eigenvalue weighted by Gasteiger charge is -2.17. The van der Waals surface area contributed by atoms with Crippen LogP contribution in [0.5, 0.6) is 0 Å². The number of hydrogen-bond acceptors (Lipinski definition) is 4. The molecule has 1 unspecified atom stereocenters. The second-order valence-electron chi connectivity index (χ2n) is 4.01. The highest BCUT2D eigenvalue weighted by molar-refractivity contribution is 5.79. The van der Waals surface area contributed by atoms with E-state index in [1.54, 1.807) is 11.9 Å². The molecule has 16 heavy (non-hydrogen) atoms. The number of carbonyl (C=O) groups is 2. The molecule has 0 aliphatic rings. The van der Waals surface area contributed by atoms with Gasteiger partial charge in [0, 0.05) is 6.04 Å². The van der Waals surface area contributed by atoms with Crippen molar-refractivity contribution in [3.05, 3.63) is 0 Å². The quantitative estimate of drug-likeness (QED) is 0.643. The number of nitrogens with one attached hydrogen (secondary N) is 1. The van der Waals surface area contributed by atoms with Gasteiger partial charge in [0.1, 0.15) is 0 Å². The van der Waals surface area contributed by atoms with E-state index in [9.17, 15) is 9.59 Å². The van der Waals surface area contributed by atoms with Crippen molar-refractivity contribution in [2.75, 3.05) is 27.2 Å². The first-order chi connectivity index (χ1) is 7.49. The van der Waals surface area contributed by atoms with E-state index < -0.39 is 0 Å². The summed E-state index contributed by atoms with van der Waals surface area (Å²) in [6, 6.07) is 0.184. The monoisotopic (exact) mass is 230 g/mol. The lowest BCUT2D eigenvalue weighted by molar-refractivity contribution is -0.141.